The van der Waals surface area contributed by atoms with Gasteiger partial charge >= 0.3 is 5.97 Å². The highest BCUT2D eigenvalue weighted by Crippen LogP contribution is 2.05. The Hall–Kier alpha value is -1.75. The second-order valence-electron chi connectivity index (χ2n) is 2.73. The first-order chi connectivity index (χ1) is 6.22. The summed E-state index contributed by atoms with van der Waals surface area (Å²) in [6.45, 7) is 0. The zero-order valence-electron chi connectivity index (χ0n) is 7.16. The largest absolute Gasteiger partial charge is 0.481 e. The number of carboxylic acids is 1. The molecule has 0 fully saturated rings. The number of benzene rings is 1. The maximum absolute atomic E-state index is 10.3. The molecule has 0 saturated heterocycles. The Morgan fingerprint density at radius 2 is 2.00 bits per heavy atom. The van der Waals surface area contributed by atoms with E-state index in [0.717, 1.165) is 11.1 Å². The zero-order chi connectivity index (χ0) is 9.68. The van der Waals surface area contributed by atoms with Gasteiger partial charge < -0.3 is 5.11 Å². The Balaban J connectivity index is 2.60. The summed E-state index contributed by atoms with van der Waals surface area (Å²) in [4.78, 5) is 10.3. The summed E-state index contributed by atoms with van der Waals surface area (Å²) < 4.78 is 0. The Morgan fingerprint density at radius 3 is 2.46 bits per heavy atom. The van der Waals surface area contributed by atoms with Crippen LogP contribution < -0.4 is 0 Å². The minimum absolute atomic E-state index is 0.162. The van der Waals surface area contributed by atoms with Crippen LogP contribution in [0.1, 0.15) is 17.5 Å². The van der Waals surface area contributed by atoms with E-state index in [-0.39, 0.29) is 6.42 Å². The van der Waals surface area contributed by atoms with Gasteiger partial charge in [0.05, 0.1) is 0 Å². The van der Waals surface area contributed by atoms with Crippen LogP contribution in [0.3, 0.4) is 0 Å². The van der Waals surface area contributed by atoms with Crippen molar-refractivity contribution in [2.45, 2.75) is 12.8 Å². The number of carbonyl (C=O) groups is 1. The molecule has 0 aliphatic heterocycles. The van der Waals surface area contributed by atoms with Gasteiger partial charge in [0.15, 0.2) is 0 Å². The van der Waals surface area contributed by atoms with Gasteiger partial charge in [0, 0.05) is 12.0 Å². The van der Waals surface area contributed by atoms with Gasteiger partial charge in [0.2, 0.25) is 0 Å². The number of terminal acetylenes is 1. The smallest absolute Gasteiger partial charge is 0.303 e. The van der Waals surface area contributed by atoms with Crippen molar-refractivity contribution >= 4 is 5.97 Å². The topological polar surface area (TPSA) is 37.3 Å². The van der Waals surface area contributed by atoms with Gasteiger partial charge in [-0.1, -0.05) is 18.1 Å². The molecule has 0 spiro atoms. The molecule has 0 bridgehead atoms. The van der Waals surface area contributed by atoms with E-state index in [0.29, 0.717) is 6.42 Å². The third kappa shape index (κ3) is 3.00. The summed E-state index contributed by atoms with van der Waals surface area (Å²) in [5, 5.41) is 8.44. The monoisotopic (exact) mass is 174 g/mol. The van der Waals surface area contributed by atoms with Crippen LogP contribution in [0.5, 0.6) is 0 Å². The highest BCUT2D eigenvalue weighted by atomic mass is 16.4. The lowest BCUT2D eigenvalue weighted by Crippen LogP contribution is -1.97. The van der Waals surface area contributed by atoms with Gasteiger partial charge in [-0.3, -0.25) is 4.79 Å². The van der Waals surface area contributed by atoms with Crippen LogP contribution in [-0.4, -0.2) is 11.1 Å². The molecule has 0 aliphatic rings. The fourth-order valence-corrected chi connectivity index (χ4v) is 1.02. The maximum Gasteiger partial charge on any atom is 0.303 e. The molecule has 0 saturated carbocycles. The second-order valence-corrected chi connectivity index (χ2v) is 2.73. The van der Waals surface area contributed by atoms with Crippen molar-refractivity contribution in [3.05, 3.63) is 35.4 Å². The van der Waals surface area contributed by atoms with E-state index in [4.69, 9.17) is 11.5 Å². The van der Waals surface area contributed by atoms with Crippen LogP contribution in [0, 0.1) is 12.3 Å². The Kier molecular flexibility index (Phi) is 3.10. The number of hydrogen-bond acceptors (Lipinski definition) is 1. The maximum atomic E-state index is 10.3. The highest BCUT2D eigenvalue weighted by Gasteiger charge is 1.98. The minimum atomic E-state index is -0.777. The number of aryl methyl sites for hydroxylation is 1. The molecule has 0 aromatic heterocycles. The molecule has 0 unspecified atom stereocenters. The number of rotatable bonds is 3. The molecule has 0 atom stereocenters. The molecular formula is C11H10O2. The summed E-state index contributed by atoms with van der Waals surface area (Å²) in [6, 6.07) is 7.35. The molecule has 1 N–H and O–H groups in total. The molecule has 0 radical (unpaired) electrons. The molecule has 1 aromatic rings. The molecule has 0 amide bonds. The standard InChI is InChI=1S/C11H10O2/c1-2-9-3-5-10(6-4-9)7-8-11(12)13/h1,3-6H,7-8H2,(H,12,13). The van der Waals surface area contributed by atoms with Gasteiger partial charge in [-0.25, -0.2) is 0 Å². The predicted molar refractivity (Wildman–Crippen MR) is 50.3 cm³/mol. The molecule has 1 rings (SSSR count). The molecule has 2 heteroatoms. The zero-order valence-corrected chi connectivity index (χ0v) is 7.16. The van der Waals surface area contributed by atoms with E-state index in [9.17, 15) is 4.79 Å². The van der Waals surface area contributed by atoms with Crippen LogP contribution in [0.2, 0.25) is 0 Å². The van der Waals surface area contributed by atoms with E-state index >= 15 is 0 Å². The van der Waals surface area contributed by atoms with Crippen LogP contribution in [0.25, 0.3) is 0 Å². The van der Waals surface area contributed by atoms with Gasteiger partial charge in [-0.2, -0.15) is 0 Å². The van der Waals surface area contributed by atoms with E-state index in [1.165, 1.54) is 0 Å². The summed E-state index contributed by atoms with van der Waals surface area (Å²) in [7, 11) is 0. The third-order valence-corrected chi connectivity index (χ3v) is 1.75. The number of hydrogen-bond donors (Lipinski definition) is 1. The quantitative estimate of drug-likeness (QED) is 0.708. The van der Waals surface area contributed by atoms with Crippen molar-refractivity contribution in [2.75, 3.05) is 0 Å². The lowest BCUT2D eigenvalue weighted by atomic mass is 10.1. The number of aliphatic carboxylic acids is 1. The second kappa shape index (κ2) is 4.32. The van der Waals surface area contributed by atoms with Crippen LogP contribution >= 0.6 is 0 Å². The first-order valence-electron chi connectivity index (χ1n) is 3.99. The van der Waals surface area contributed by atoms with E-state index in [1.807, 2.05) is 24.3 Å². The summed E-state index contributed by atoms with van der Waals surface area (Å²) in [5.74, 6) is 1.73. The predicted octanol–water partition coefficient (Wildman–Crippen LogP) is 1.69. The minimum Gasteiger partial charge on any atom is -0.481 e. The fraction of sp³-hybridized carbons (Fsp3) is 0.182. The van der Waals surface area contributed by atoms with Crippen molar-refractivity contribution in [1.29, 1.82) is 0 Å². The van der Waals surface area contributed by atoms with Crippen molar-refractivity contribution in [1.82, 2.24) is 0 Å². The fourth-order valence-electron chi connectivity index (χ4n) is 1.02. The lowest BCUT2D eigenvalue weighted by Gasteiger charge is -1.97. The highest BCUT2D eigenvalue weighted by molar-refractivity contribution is 5.67. The average molecular weight is 174 g/mol. The van der Waals surface area contributed by atoms with E-state index < -0.39 is 5.97 Å². The van der Waals surface area contributed by atoms with Gasteiger partial charge in [-0.15, -0.1) is 6.42 Å². The summed E-state index contributed by atoms with van der Waals surface area (Å²) in [6.07, 6.45) is 5.90. The summed E-state index contributed by atoms with van der Waals surface area (Å²) in [5.41, 5.74) is 1.82. The molecular weight excluding hydrogens is 164 g/mol. The molecule has 0 heterocycles. The van der Waals surface area contributed by atoms with Crippen molar-refractivity contribution < 1.29 is 9.90 Å². The third-order valence-electron chi connectivity index (χ3n) is 1.75. The molecule has 66 valence electrons. The Morgan fingerprint density at radius 1 is 1.38 bits per heavy atom. The average Bonchev–Trinajstić information content (AvgIpc) is 2.15. The Labute approximate surface area is 77.2 Å². The lowest BCUT2D eigenvalue weighted by molar-refractivity contribution is -0.136. The van der Waals surface area contributed by atoms with Gasteiger partial charge in [-0.05, 0) is 24.1 Å². The van der Waals surface area contributed by atoms with Crippen molar-refractivity contribution in [3.63, 3.8) is 0 Å². The normalized spacial score (nSPS) is 9.15. The molecule has 2 nitrogen and oxygen atoms in total. The Bertz CT molecular complexity index is 330. The van der Waals surface area contributed by atoms with Crippen LogP contribution in [0.4, 0.5) is 0 Å². The van der Waals surface area contributed by atoms with Crippen LogP contribution in [0.15, 0.2) is 24.3 Å². The molecule has 13 heavy (non-hydrogen) atoms. The van der Waals surface area contributed by atoms with Gasteiger partial charge in [0.25, 0.3) is 0 Å². The van der Waals surface area contributed by atoms with Crippen molar-refractivity contribution in [3.8, 4) is 12.3 Å². The molecule has 0 aliphatic carbocycles. The van der Waals surface area contributed by atoms with Crippen molar-refractivity contribution in [2.24, 2.45) is 0 Å². The van der Waals surface area contributed by atoms with Gasteiger partial charge in [0.1, 0.15) is 0 Å². The SMILES string of the molecule is C#Cc1ccc(CCC(=O)O)cc1. The number of carboxylic acid groups (broad SMARTS) is 1. The van der Waals surface area contributed by atoms with E-state index in [2.05, 4.69) is 5.92 Å². The first-order valence-corrected chi connectivity index (χ1v) is 3.99. The van der Waals surface area contributed by atoms with E-state index in [1.54, 1.807) is 0 Å². The first kappa shape index (κ1) is 9.34. The molecule has 1 aromatic carbocycles. The van der Waals surface area contributed by atoms with Crippen LogP contribution in [-0.2, 0) is 11.2 Å². The summed E-state index contributed by atoms with van der Waals surface area (Å²) >= 11 is 0.